The molecule has 6 nitrogen and oxygen atoms in total. The maximum absolute atomic E-state index is 12.2. The predicted molar refractivity (Wildman–Crippen MR) is 104 cm³/mol. The van der Waals surface area contributed by atoms with Gasteiger partial charge in [-0.1, -0.05) is 0 Å². The van der Waals surface area contributed by atoms with Gasteiger partial charge < -0.3 is 14.5 Å². The average molecular weight is 368 g/mol. The van der Waals surface area contributed by atoms with E-state index in [9.17, 15) is 9.59 Å². The number of carbonyl (C=O) groups excluding carboxylic acids is 1. The molecule has 7 heteroatoms. The zero-order chi connectivity index (χ0) is 18.5. The molecule has 0 atom stereocenters. The Balaban J connectivity index is 1.65. The zero-order valence-electron chi connectivity index (χ0n) is 13.9. The van der Waals surface area contributed by atoms with Gasteiger partial charge in [-0.15, -0.1) is 0 Å². The Labute approximate surface area is 154 Å². The highest BCUT2D eigenvalue weighted by atomic mass is 32.1. The van der Waals surface area contributed by atoms with Crippen molar-refractivity contribution in [1.29, 1.82) is 0 Å². The normalized spacial score (nSPS) is 10.3. The molecule has 0 fully saturated rings. The highest BCUT2D eigenvalue weighted by Gasteiger charge is 2.09. The van der Waals surface area contributed by atoms with Crippen LogP contribution in [-0.4, -0.2) is 17.6 Å². The molecule has 1 heterocycles. The highest BCUT2D eigenvalue weighted by molar-refractivity contribution is 7.80. The standard InChI is InChI=1S/C19H16N2O4S/c1-2-24-15-7-3-12(4-8-15)18(23)21-19(26)20-14-6-9-16-13(11-14)5-10-17(22)25-16/h3-11H,2H2,1H3,(H2,20,21,23,26). The fraction of sp³-hybridized carbons (Fsp3) is 0.105. The molecule has 0 bridgehead atoms. The summed E-state index contributed by atoms with van der Waals surface area (Å²) in [6, 6.07) is 14.9. The third kappa shape index (κ3) is 4.25. The molecule has 0 aliphatic rings. The lowest BCUT2D eigenvalue weighted by molar-refractivity contribution is 0.0977. The lowest BCUT2D eigenvalue weighted by Crippen LogP contribution is -2.34. The SMILES string of the molecule is CCOc1ccc(C(=O)NC(=S)Nc2ccc3oc(=O)ccc3c2)cc1. The predicted octanol–water partition coefficient (Wildman–Crippen LogP) is 3.32. The van der Waals surface area contributed by atoms with Crippen LogP contribution in [0.15, 0.2) is 63.8 Å². The number of anilines is 1. The number of hydrogen-bond donors (Lipinski definition) is 2. The van der Waals surface area contributed by atoms with Gasteiger partial charge in [-0.3, -0.25) is 10.1 Å². The number of amides is 1. The minimum Gasteiger partial charge on any atom is -0.494 e. The van der Waals surface area contributed by atoms with E-state index < -0.39 is 5.63 Å². The number of benzene rings is 2. The van der Waals surface area contributed by atoms with E-state index in [2.05, 4.69) is 10.6 Å². The van der Waals surface area contributed by atoms with Crippen molar-refractivity contribution < 1.29 is 13.9 Å². The van der Waals surface area contributed by atoms with Gasteiger partial charge in [0.15, 0.2) is 5.11 Å². The molecule has 0 aliphatic carbocycles. The van der Waals surface area contributed by atoms with Crippen LogP contribution >= 0.6 is 12.2 Å². The molecular weight excluding hydrogens is 352 g/mol. The largest absolute Gasteiger partial charge is 0.494 e. The van der Waals surface area contributed by atoms with Crippen molar-refractivity contribution in [3.8, 4) is 5.75 Å². The Bertz CT molecular complexity index is 1010. The topological polar surface area (TPSA) is 80.6 Å². The van der Waals surface area contributed by atoms with Gasteiger partial charge in [0.25, 0.3) is 5.91 Å². The van der Waals surface area contributed by atoms with Gasteiger partial charge in [0, 0.05) is 22.7 Å². The van der Waals surface area contributed by atoms with Crippen LogP contribution in [0.25, 0.3) is 11.0 Å². The Morgan fingerprint density at radius 2 is 1.88 bits per heavy atom. The summed E-state index contributed by atoms with van der Waals surface area (Å²) in [5.74, 6) is 0.380. The second kappa shape index (κ2) is 7.79. The first-order valence-electron chi connectivity index (χ1n) is 7.94. The van der Waals surface area contributed by atoms with Crippen LogP contribution in [0.2, 0.25) is 0 Å². The zero-order valence-corrected chi connectivity index (χ0v) is 14.8. The summed E-state index contributed by atoms with van der Waals surface area (Å²) in [4.78, 5) is 23.4. The minimum absolute atomic E-state index is 0.167. The fourth-order valence-corrected chi connectivity index (χ4v) is 2.57. The number of nitrogens with one attached hydrogen (secondary N) is 2. The molecule has 0 saturated carbocycles. The molecule has 3 rings (SSSR count). The van der Waals surface area contributed by atoms with Gasteiger partial charge in [0.05, 0.1) is 6.61 Å². The third-order valence-electron chi connectivity index (χ3n) is 3.53. The number of rotatable bonds is 4. The molecule has 0 spiro atoms. The van der Waals surface area contributed by atoms with Crippen LogP contribution in [0.3, 0.4) is 0 Å². The number of carbonyl (C=O) groups is 1. The van der Waals surface area contributed by atoms with Crippen LogP contribution in [0, 0.1) is 0 Å². The first-order valence-corrected chi connectivity index (χ1v) is 8.35. The average Bonchev–Trinajstić information content (AvgIpc) is 2.62. The van der Waals surface area contributed by atoms with Crippen molar-refractivity contribution in [3.63, 3.8) is 0 Å². The van der Waals surface area contributed by atoms with Crippen LogP contribution in [0.1, 0.15) is 17.3 Å². The molecule has 2 aromatic carbocycles. The van der Waals surface area contributed by atoms with E-state index in [0.29, 0.717) is 29.2 Å². The van der Waals surface area contributed by atoms with E-state index in [1.165, 1.54) is 6.07 Å². The van der Waals surface area contributed by atoms with Crippen molar-refractivity contribution in [2.75, 3.05) is 11.9 Å². The summed E-state index contributed by atoms with van der Waals surface area (Å²) >= 11 is 5.18. The number of fused-ring (bicyclic) bond motifs is 1. The Hall–Kier alpha value is -3.19. The number of ether oxygens (including phenoxy) is 1. The first-order chi connectivity index (χ1) is 12.5. The van der Waals surface area contributed by atoms with Crippen LogP contribution in [0.4, 0.5) is 5.69 Å². The Morgan fingerprint density at radius 3 is 2.62 bits per heavy atom. The Kier molecular flexibility index (Phi) is 5.28. The second-order valence-electron chi connectivity index (χ2n) is 5.37. The fourth-order valence-electron chi connectivity index (χ4n) is 2.36. The maximum atomic E-state index is 12.2. The number of thiocarbonyl (C=S) groups is 1. The number of hydrogen-bond acceptors (Lipinski definition) is 5. The van der Waals surface area contributed by atoms with Crippen LogP contribution in [-0.2, 0) is 0 Å². The molecule has 0 saturated heterocycles. The summed E-state index contributed by atoms with van der Waals surface area (Å²) in [5, 5.41) is 6.47. The van der Waals surface area contributed by atoms with E-state index in [1.54, 1.807) is 48.5 Å². The van der Waals surface area contributed by atoms with E-state index in [1.807, 2.05) is 6.92 Å². The molecule has 0 radical (unpaired) electrons. The second-order valence-corrected chi connectivity index (χ2v) is 5.78. The van der Waals surface area contributed by atoms with Gasteiger partial charge in [-0.25, -0.2) is 4.79 Å². The van der Waals surface area contributed by atoms with Crippen LogP contribution in [0.5, 0.6) is 5.75 Å². The first kappa shape index (κ1) is 17.6. The van der Waals surface area contributed by atoms with Gasteiger partial charge in [0.1, 0.15) is 11.3 Å². The van der Waals surface area contributed by atoms with Crippen molar-refractivity contribution in [1.82, 2.24) is 5.32 Å². The summed E-state index contributed by atoms with van der Waals surface area (Å²) in [6.45, 7) is 2.46. The molecule has 132 valence electrons. The smallest absolute Gasteiger partial charge is 0.336 e. The van der Waals surface area contributed by atoms with E-state index >= 15 is 0 Å². The van der Waals surface area contributed by atoms with Crippen molar-refractivity contribution in [3.05, 3.63) is 70.6 Å². The maximum Gasteiger partial charge on any atom is 0.336 e. The van der Waals surface area contributed by atoms with Gasteiger partial charge in [-0.05, 0) is 67.7 Å². The lowest BCUT2D eigenvalue weighted by atomic mass is 10.2. The summed E-state index contributed by atoms with van der Waals surface area (Å²) < 4.78 is 10.4. The van der Waals surface area contributed by atoms with Gasteiger partial charge >= 0.3 is 5.63 Å². The summed E-state index contributed by atoms with van der Waals surface area (Å²) in [7, 11) is 0. The van der Waals surface area contributed by atoms with Crippen molar-refractivity contribution >= 4 is 39.9 Å². The van der Waals surface area contributed by atoms with E-state index in [0.717, 1.165) is 5.39 Å². The van der Waals surface area contributed by atoms with Gasteiger partial charge in [-0.2, -0.15) is 0 Å². The van der Waals surface area contributed by atoms with Crippen molar-refractivity contribution in [2.24, 2.45) is 0 Å². The lowest BCUT2D eigenvalue weighted by Gasteiger charge is -2.10. The molecule has 0 unspecified atom stereocenters. The molecule has 2 N–H and O–H groups in total. The molecular formula is C19H16N2O4S. The molecule has 1 aromatic heterocycles. The van der Waals surface area contributed by atoms with Gasteiger partial charge in [0.2, 0.25) is 0 Å². The molecule has 0 aliphatic heterocycles. The van der Waals surface area contributed by atoms with E-state index in [-0.39, 0.29) is 11.0 Å². The summed E-state index contributed by atoms with van der Waals surface area (Å²) in [5.41, 5.74) is 1.21. The molecule has 3 aromatic rings. The van der Waals surface area contributed by atoms with Crippen LogP contribution < -0.4 is 21.0 Å². The minimum atomic E-state index is -0.406. The quantitative estimate of drug-likeness (QED) is 0.543. The van der Waals surface area contributed by atoms with Crippen molar-refractivity contribution in [2.45, 2.75) is 6.92 Å². The molecule has 1 amide bonds. The molecule has 26 heavy (non-hydrogen) atoms. The third-order valence-corrected chi connectivity index (χ3v) is 3.74. The Morgan fingerprint density at radius 1 is 1.12 bits per heavy atom. The van der Waals surface area contributed by atoms with E-state index in [4.69, 9.17) is 21.4 Å². The monoisotopic (exact) mass is 368 g/mol. The highest BCUT2D eigenvalue weighted by Crippen LogP contribution is 2.17. The summed E-state index contributed by atoms with van der Waals surface area (Å²) in [6.07, 6.45) is 0.